The molecule has 5 N–H and O–H groups in total. The van der Waals surface area contributed by atoms with Gasteiger partial charge in [0.05, 0.1) is 13.7 Å². The summed E-state index contributed by atoms with van der Waals surface area (Å²) < 4.78 is 20.7. The molecule has 1 unspecified atom stereocenters. The normalized spacial score (nSPS) is 15.1. The first-order valence-electron chi connectivity index (χ1n) is 13.1. The lowest BCUT2D eigenvalue weighted by atomic mass is 9.90. The summed E-state index contributed by atoms with van der Waals surface area (Å²) in [6.45, 7) is 3.76. The lowest BCUT2D eigenvalue weighted by molar-refractivity contribution is -0.139. The average molecular weight is 577 g/mol. The van der Waals surface area contributed by atoms with Gasteiger partial charge < -0.3 is 21.1 Å². The number of carbonyl (C=O) groups excluding carboxylic acids is 4. The van der Waals surface area contributed by atoms with Gasteiger partial charge in [-0.3, -0.25) is 24.3 Å². The molecule has 0 spiro atoms. The van der Waals surface area contributed by atoms with Gasteiger partial charge in [0.2, 0.25) is 5.91 Å². The molecule has 1 atom stereocenters. The van der Waals surface area contributed by atoms with Gasteiger partial charge >= 0.3 is 6.03 Å². The van der Waals surface area contributed by atoms with Crippen LogP contribution in [-0.2, 0) is 20.9 Å². The number of rotatable bonds is 9. The van der Waals surface area contributed by atoms with Crippen molar-refractivity contribution >= 4 is 29.4 Å². The molecule has 12 heteroatoms. The first kappa shape index (κ1) is 30.2. The third kappa shape index (κ3) is 5.94. The van der Waals surface area contributed by atoms with E-state index in [0.29, 0.717) is 17.0 Å². The minimum absolute atomic E-state index is 0.0693. The molecule has 0 radical (unpaired) electrons. The van der Waals surface area contributed by atoms with Gasteiger partial charge in [-0.2, -0.15) is 0 Å². The maximum atomic E-state index is 15.2. The number of hydrazine groups is 1. The molecular weight excluding hydrogens is 543 g/mol. The van der Waals surface area contributed by atoms with Crippen molar-refractivity contribution in [2.24, 2.45) is 5.73 Å². The number of methoxy groups -OCH3 is 1. The van der Waals surface area contributed by atoms with Gasteiger partial charge in [-0.05, 0) is 65.4 Å². The van der Waals surface area contributed by atoms with Gasteiger partial charge in [0.1, 0.15) is 11.6 Å². The molecule has 1 aliphatic rings. The lowest BCUT2D eigenvalue weighted by Crippen LogP contribution is -2.66. The summed E-state index contributed by atoms with van der Waals surface area (Å²) in [5.74, 6) is -1.98. The Bertz CT molecular complexity index is 1580. The molecule has 3 aromatic carbocycles. The quantitative estimate of drug-likeness (QED) is 0.287. The predicted octanol–water partition coefficient (Wildman–Crippen LogP) is 2.70. The second-order valence-electron chi connectivity index (χ2n) is 9.96. The molecule has 42 heavy (non-hydrogen) atoms. The van der Waals surface area contributed by atoms with Gasteiger partial charge in [-0.1, -0.05) is 30.3 Å². The van der Waals surface area contributed by atoms with Crippen LogP contribution in [0.2, 0.25) is 0 Å². The van der Waals surface area contributed by atoms with E-state index in [1.807, 2.05) is 38.1 Å². The zero-order valence-corrected chi connectivity index (χ0v) is 24.0. The number of nitrogens with one attached hydrogen (secondary N) is 3. The number of ether oxygens (including phenoxy) is 1. The van der Waals surface area contributed by atoms with E-state index in [9.17, 15) is 19.2 Å². The Morgan fingerprint density at radius 3 is 2.33 bits per heavy atom. The first-order chi connectivity index (χ1) is 19.9. The number of urea groups is 1. The smallest absolute Gasteiger partial charge is 0.340 e. The lowest BCUT2D eigenvalue weighted by Gasteiger charge is -2.34. The summed E-state index contributed by atoms with van der Waals surface area (Å²) in [5, 5.41) is 6.70. The van der Waals surface area contributed by atoms with Crippen LogP contribution in [0.3, 0.4) is 0 Å². The van der Waals surface area contributed by atoms with Crippen LogP contribution in [0.4, 0.5) is 14.9 Å². The van der Waals surface area contributed by atoms with E-state index >= 15 is 4.39 Å². The Morgan fingerprint density at radius 1 is 1.02 bits per heavy atom. The van der Waals surface area contributed by atoms with Crippen molar-refractivity contribution in [2.45, 2.75) is 26.4 Å². The fraction of sp³-hybridized carbons (Fsp3) is 0.267. The van der Waals surface area contributed by atoms with Gasteiger partial charge in [0, 0.05) is 31.9 Å². The first-order valence-corrected chi connectivity index (χ1v) is 13.1. The molecule has 4 rings (SSSR count). The third-order valence-corrected chi connectivity index (χ3v) is 7.24. The number of likely N-dealkylation sites (N-methyl/N-ethyl adjacent to an activating group) is 1. The number of anilines is 1. The molecule has 1 fully saturated rings. The Kier molecular flexibility index (Phi) is 8.88. The second kappa shape index (κ2) is 12.4. The third-order valence-electron chi connectivity index (χ3n) is 7.24. The van der Waals surface area contributed by atoms with Crippen molar-refractivity contribution in [3.8, 4) is 28.0 Å². The van der Waals surface area contributed by atoms with E-state index in [4.69, 9.17) is 10.5 Å². The molecule has 3 aromatic rings. The van der Waals surface area contributed by atoms with Crippen LogP contribution in [0.5, 0.6) is 5.75 Å². The molecule has 1 saturated heterocycles. The molecule has 0 saturated carbocycles. The van der Waals surface area contributed by atoms with E-state index in [0.717, 1.165) is 37.7 Å². The summed E-state index contributed by atoms with van der Waals surface area (Å²) in [5.41, 5.74) is 13.3. The largest absolute Gasteiger partial charge is 0.496 e. The van der Waals surface area contributed by atoms with Crippen LogP contribution in [0.25, 0.3) is 22.3 Å². The summed E-state index contributed by atoms with van der Waals surface area (Å²) in [6, 6.07) is 12.4. The molecule has 220 valence electrons. The van der Waals surface area contributed by atoms with Crippen LogP contribution in [-0.4, -0.2) is 67.5 Å². The van der Waals surface area contributed by atoms with Gasteiger partial charge in [-0.15, -0.1) is 0 Å². The highest BCUT2D eigenvalue weighted by atomic mass is 19.1. The fourth-order valence-corrected chi connectivity index (χ4v) is 4.93. The van der Waals surface area contributed by atoms with Crippen LogP contribution in [0.1, 0.15) is 16.7 Å². The van der Waals surface area contributed by atoms with Gasteiger partial charge in [0.25, 0.3) is 11.8 Å². The number of imide groups is 1. The fourth-order valence-electron chi connectivity index (χ4n) is 4.93. The topological polar surface area (TPSA) is 146 Å². The summed E-state index contributed by atoms with van der Waals surface area (Å²) in [6.07, 6.45) is 0. The number of primary amides is 1. The molecular formula is C30H33FN6O5. The molecule has 0 aromatic heterocycles. The molecule has 0 bridgehead atoms. The Morgan fingerprint density at radius 2 is 1.67 bits per heavy atom. The van der Waals surface area contributed by atoms with E-state index in [-0.39, 0.29) is 18.7 Å². The van der Waals surface area contributed by atoms with Crippen molar-refractivity contribution in [3.63, 3.8) is 0 Å². The zero-order valence-electron chi connectivity index (χ0n) is 24.0. The number of halogens is 1. The highest BCUT2D eigenvalue weighted by molar-refractivity contribution is 6.15. The number of hydrogen-bond donors (Lipinski definition) is 4. The van der Waals surface area contributed by atoms with E-state index in [2.05, 4.69) is 16.1 Å². The zero-order chi connectivity index (χ0) is 30.7. The Labute approximate surface area is 242 Å². The standard InChI is InChI=1S/C30H33FN6O5/c1-16-19(18-12-23(31)22(25(13-18)42-5)14-33-15-26(32)38)8-6-9-20(16)21-10-7-11-24(17(21)2)34-28(39)27-29(40)36(3)30(41)37(4)35-27/h6-13,27,33,35H,14-15H2,1-5H3,(H2,32,38)(H,34,39). The van der Waals surface area contributed by atoms with Crippen molar-refractivity contribution in [2.75, 3.05) is 33.1 Å². The molecule has 1 aliphatic heterocycles. The monoisotopic (exact) mass is 576 g/mol. The summed E-state index contributed by atoms with van der Waals surface area (Å²) in [4.78, 5) is 49.6. The van der Waals surface area contributed by atoms with Crippen molar-refractivity contribution in [3.05, 3.63) is 71.0 Å². The van der Waals surface area contributed by atoms with E-state index in [1.165, 1.54) is 27.3 Å². The van der Waals surface area contributed by atoms with Crippen LogP contribution >= 0.6 is 0 Å². The Balaban J connectivity index is 1.65. The van der Waals surface area contributed by atoms with Gasteiger partial charge in [0.15, 0.2) is 6.04 Å². The molecule has 11 nitrogen and oxygen atoms in total. The highest BCUT2D eigenvalue weighted by Crippen LogP contribution is 2.37. The van der Waals surface area contributed by atoms with Crippen molar-refractivity contribution in [1.82, 2.24) is 20.7 Å². The van der Waals surface area contributed by atoms with Gasteiger partial charge in [-0.25, -0.2) is 14.6 Å². The highest BCUT2D eigenvalue weighted by Gasteiger charge is 2.39. The van der Waals surface area contributed by atoms with Crippen LogP contribution < -0.4 is 26.5 Å². The number of hydrogen-bond acceptors (Lipinski definition) is 7. The summed E-state index contributed by atoms with van der Waals surface area (Å²) >= 11 is 0. The summed E-state index contributed by atoms with van der Waals surface area (Å²) in [7, 11) is 4.20. The predicted molar refractivity (Wildman–Crippen MR) is 156 cm³/mol. The van der Waals surface area contributed by atoms with E-state index in [1.54, 1.807) is 18.2 Å². The minimum Gasteiger partial charge on any atom is -0.496 e. The molecule has 5 amide bonds. The number of amides is 5. The van der Waals surface area contributed by atoms with Crippen molar-refractivity contribution in [1.29, 1.82) is 0 Å². The molecule has 1 heterocycles. The molecule has 0 aliphatic carbocycles. The number of carbonyl (C=O) groups is 4. The second-order valence-corrected chi connectivity index (χ2v) is 9.96. The maximum Gasteiger partial charge on any atom is 0.340 e. The SMILES string of the molecule is COc1cc(-c2cccc(-c3cccc(NC(=O)C4NN(C)C(=O)N(C)C4=O)c3C)c2C)cc(F)c1CNCC(N)=O. The number of nitrogens with two attached hydrogens (primary N) is 1. The van der Waals surface area contributed by atoms with Crippen LogP contribution in [0.15, 0.2) is 48.5 Å². The Hall–Kier alpha value is -4.81. The minimum atomic E-state index is -1.27. The van der Waals surface area contributed by atoms with E-state index < -0.39 is 35.6 Å². The number of benzene rings is 3. The number of nitrogens with zero attached hydrogens (tertiary/aromatic N) is 2. The van der Waals surface area contributed by atoms with Crippen molar-refractivity contribution < 1.29 is 28.3 Å². The maximum absolute atomic E-state index is 15.2. The average Bonchev–Trinajstić information content (AvgIpc) is 2.95. The van der Waals surface area contributed by atoms with Crippen LogP contribution in [0, 0.1) is 19.7 Å².